The lowest BCUT2D eigenvalue weighted by Gasteiger charge is -2.10. The number of carbonyl (C=O) groups is 2. The second-order valence-electron chi connectivity index (χ2n) is 6.06. The maximum atomic E-state index is 13.7. The third kappa shape index (κ3) is 5.24. The fraction of sp³-hybridized carbons (Fsp3) is 0.0476. The second-order valence-corrected chi connectivity index (χ2v) is 6.46. The molecule has 3 aromatic rings. The summed E-state index contributed by atoms with van der Waals surface area (Å²) >= 11 is 5.68. The number of anilines is 2. The Hall–Kier alpha value is -3.65. The summed E-state index contributed by atoms with van der Waals surface area (Å²) < 4.78 is 32.5. The Bertz CT molecular complexity index is 1090. The zero-order valence-corrected chi connectivity index (χ0v) is 16.4. The number of hydrogen-bond donors (Lipinski definition) is 3. The molecule has 154 valence electrons. The summed E-state index contributed by atoms with van der Waals surface area (Å²) in [5.41, 5.74) is 0.672. The van der Waals surface area contributed by atoms with E-state index < -0.39 is 23.6 Å². The van der Waals surface area contributed by atoms with E-state index in [0.717, 1.165) is 12.1 Å². The Morgan fingerprint density at radius 2 is 1.43 bits per heavy atom. The largest absolute Gasteiger partial charge is 0.457 e. The van der Waals surface area contributed by atoms with Gasteiger partial charge in [-0.3, -0.25) is 4.79 Å². The van der Waals surface area contributed by atoms with Crippen molar-refractivity contribution in [2.45, 2.75) is 0 Å². The standard InChI is InChI=1S/C21H16ClF2N3O3/c1-25-20(28)16-11-15(7-9-18(16)23)30-14-5-2-12(3-6-14)26-21(29)27-13-4-8-19(24)17(22)10-13/h2-11H,1H3,(H,25,28)(H2,26,27,29). The topological polar surface area (TPSA) is 79.5 Å². The van der Waals surface area contributed by atoms with Crippen molar-refractivity contribution in [2.75, 3.05) is 17.7 Å². The molecule has 0 unspecified atom stereocenters. The minimum atomic E-state index is -0.658. The minimum absolute atomic E-state index is 0.102. The van der Waals surface area contributed by atoms with Gasteiger partial charge in [-0.25, -0.2) is 13.6 Å². The van der Waals surface area contributed by atoms with E-state index in [1.807, 2.05) is 0 Å². The molecule has 0 fully saturated rings. The zero-order valence-electron chi connectivity index (χ0n) is 15.6. The van der Waals surface area contributed by atoms with Gasteiger partial charge in [0, 0.05) is 18.4 Å². The van der Waals surface area contributed by atoms with Crippen LogP contribution in [0.1, 0.15) is 10.4 Å². The summed E-state index contributed by atoms with van der Waals surface area (Å²) in [4.78, 5) is 23.7. The number of hydrogen-bond acceptors (Lipinski definition) is 3. The van der Waals surface area contributed by atoms with Gasteiger partial charge in [0.15, 0.2) is 0 Å². The number of rotatable bonds is 5. The lowest BCUT2D eigenvalue weighted by atomic mass is 10.2. The molecule has 30 heavy (non-hydrogen) atoms. The zero-order chi connectivity index (χ0) is 21.7. The van der Waals surface area contributed by atoms with Gasteiger partial charge in [0.2, 0.25) is 0 Å². The Morgan fingerprint density at radius 3 is 2.10 bits per heavy atom. The first-order valence-corrected chi connectivity index (χ1v) is 9.06. The molecule has 0 aliphatic carbocycles. The summed E-state index contributed by atoms with van der Waals surface area (Å²) in [6.07, 6.45) is 0. The second kappa shape index (κ2) is 9.23. The molecule has 9 heteroatoms. The van der Waals surface area contributed by atoms with Gasteiger partial charge in [0.05, 0.1) is 10.6 Å². The third-order valence-corrected chi connectivity index (χ3v) is 4.22. The molecule has 0 spiro atoms. The Morgan fingerprint density at radius 1 is 0.833 bits per heavy atom. The van der Waals surface area contributed by atoms with Gasteiger partial charge in [-0.1, -0.05) is 11.6 Å². The van der Waals surface area contributed by atoms with Gasteiger partial charge < -0.3 is 20.7 Å². The van der Waals surface area contributed by atoms with Crippen LogP contribution in [0.25, 0.3) is 0 Å². The van der Waals surface area contributed by atoms with Gasteiger partial charge in [-0.15, -0.1) is 0 Å². The maximum Gasteiger partial charge on any atom is 0.323 e. The van der Waals surface area contributed by atoms with Crippen LogP contribution in [-0.4, -0.2) is 19.0 Å². The van der Waals surface area contributed by atoms with Crippen molar-refractivity contribution in [3.05, 3.63) is 82.9 Å². The van der Waals surface area contributed by atoms with Crippen LogP contribution >= 0.6 is 11.6 Å². The summed E-state index contributed by atoms with van der Waals surface area (Å²) in [5.74, 6) is -1.11. The lowest BCUT2D eigenvalue weighted by Crippen LogP contribution is -2.19. The van der Waals surface area contributed by atoms with Crippen LogP contribution in [0.2, 0.25) is 5.02 Å². The van der Waals surface area contributed by atoms with Crippen LogP contribution in [0.4, 0.5) is 25.0 Å². The minimum Gasteiger partial charge on any atom is -0.457 e. The van der Waals surface area contributed by atoms with E-state index in [9.17, 15) is 18.4 Å². The number of amides is 3. The van der Waals surface area contributed by atoms with Crippen LogP contribution in [0.15, 0.2) is 60.7 Å². The number of nitrogens with one attached hydrogen (secondary N) is 3. The van der Waals surface area contributed by atoms with E-state index in [1.165, 1.54) is 31.3 Å². The molecule has 0 bridgehead atoms. The van der Waals surface area contributed by atoms with E-state index in [2.05, 4.69) is 16.0 Å². The van der Waals surface area contributed by atoms with Gasteiger partial charge >= 0.3 is 6.03 Å². The van der Waals surface area contributed by atoms with Crippen LogP contribution in [-0.2, 0) is 0 Å². The molecule has 0 aromatic heterocycles. The summed E-state index contributed by atoms with van der Waals surface area (Å²) in [5, 5.41) is 7.40. The van der Waals surface area contributed by atoms with Gasteiger partial charge in [0.25, 0.3) is 5.91 Å². The molecule has 0 aliphatic rings. The van der Waals surface area contributed by atoms with Crippen LogP contribution < -0.4 is 20.7 Å². The molecule has 0 atom stereocenters. The number of carbonyl (C=O) groups excluding carboxylic acids is 2. The molecule has 6 nitrogen and oxygen atoms in total. The molecule has 0 heterocycles. The molecule has 0 radical (unpaired) electrons. The summed E-state index contributed by atoms with van der Waals surface area (Å²) in [6, 6.07) is 13.5. The quantitative estimate of drug-likeness (QED) is 0.505. The van der Waals surface area contributed by atoms with Crippen molar-refractivity contribution < 1.29 is 23.1 Å². The molecular weight excluding hydrogens is 416 g/mol. The van der Waals surface area contributed by atoms with Crippen LogP contribution in [0.3, 0.4) is 0 Å². The number of benzene rings is 3. The monoisotopic (exact) mass is 431 g/mol. The third-order valence-electron chi connectivity index (χ3n) is 3.93. The predicted molar refractivity (Wildman–Crippen MR) is 110 cm³/mol. The number of halogens is 3. The highest BCUT2D eigenvalue weighted by Gasteiger charge is 2.12. The maximum absolute atomic E-state index is 13.7. The smallest absolute Gasteiger partial charge is 0.323 e. The van der Waals surface area contributed by atoms with E-state index >= 15 is 0 Å². The van der Waals surface area contributed by atoms with E-state index in [-0.39, 0.29) is 16.3 Å². The van der Waals surface area contributed by atoms with E-state index in [1.54, 1.807) is 24.3 Å². The first-order chi connectivity index (χ1) is 14.4. The molecule has 3 amide bonds. The summed E-state index contributed by atoms with van der Waals surface area (Å²) in [7, 11) is 1.40. The van der Waals surface area contributed by atoms with Gasteiger partial charge in [0.1, 0.15) is 23.1 Å². The number of ether oxygens (including phenoxy) is 1. The molecular formula is C21H16ClF2N3O3. The SMILES string of the molecule is CNC(=O)c1cc(Oc2ccc(NC(=O)Nc3ccc(F)c(Cl)c3)cc2)ccc1F. The molecule has 0 saturated carbocycles. The molecule has 3 rings (SSSR count). The fourth-order valence-corrected chi connectivity index (χ4v) is 2.67. The van der Waals surface area contributed by atoms with Crippen molar-refractivity contribution in [1.82, 2.24) is 5.32 Å². The first kappa shape index (κ1) is 21.1. The fourth-order valence-electron chi connectivity index (χ4n) is 2.49. The highest BCUT2D eigenvalue weighted by molar-refractivity contribution is 6.31. The highest BCUT2D eigenvalue weighted by atomic mass is 35.5. The predicted octanol–water partition coefficient (Wildman–Crippen LogP) is 5.41. The van der Waals surface area contributed by atoms with Crippen LogP contribution in [0.5, 0.6) is 11.5 Å². The van der Waals surface area contributed by atoms with Crippen molar-refractivity contribution >= 4 is 34.9 Å². The van der Waals surface area contributed by atoms with E-state index in [4.69, 9.17) is 16.3 Å². The Balaban J connectivity index is 1.63. The molecule has 0 aliphatic heterocycles. The van der Waals surface area contributed by atoms with Crippen LogP contribution in [0, 0.1) is 11.6 Å². The molecule has 3 N–H and O–H groups in total. The van der Waals surface area contributed by atoms with Gasteiger partial charge in [-0.2, -0.15) is 0 Å². The normalized spacial score (nSPS) is 10.3. The average Bonchev–Trinajstić information content (AvgIpc) is 2.73. The first-order valence-electron chi connectivity index (χ1n) is 8.68. The lowest BCUT2D eigenvalue weighted by molar-refractivity contribution is 0.0958. The van der Waals surface area contributed by atoms with Crippen molar-refractivity contribution in [3.8, 4) is 11.5 Å². The van der Waals surface area contributed by atoms with Crippen molar-refractivity contribution in [3.63, 3.8) is 0 Å². The molecule has 0 saturated heterocycles. The van der Waals surface area contributed by atoms with Crippen molar-refractivity contribution in [2.24, 2.45) is 0 Å². The number of urea groups is 1. The Labute approximate surface area is 175 Å². The van der Waals surface area contributed by atoms with Gasteiger partial charge in [-0.05, 0) is 60.7 Å². The molecule has 3 aromatic carbocycles. The van der Waals surface area contributed by atoms with E-state index in [0.29, 0.717) is 17.1 Å². The summed E-state index contributed by atoms with van der Waals surface area (Å²) in [6.45, 7) is 0. The average molecular weight is 432 g/mol. The highest BCUT2D eigenvalue weighted by Crippen LogP contribution is 2.25. The van der Waals surface area contributed by atoms with Crippen molar-refractivity contribution in [1.29, 1.82) is 0 Å². The Kier molecular flexibility index (Phi) is 6.48.